The van der Waals surface area contributed by atoms with E-state index in [1.54, 1.807) is 12.1 Å². The zero-order chi connectivity index (χ0) is 10.6. The summed E-state index contributed by atoms with van der Waals surface area (Å²) in [5.41, 5.74) is 5.76. The van der Waals surface area contributed by atoms with Gasteiger partial charge in [-0.25, -0.2) is 0 Å². The molecule has 78 valence electrons. The summed E-state index contributed by atoms with van der Waals surface area (Å²) in [5.74, 6) is 0.00958. The van der Waals surface area contributed by atoms with E-state index >= 15 is 0 Å². The van der Waals surface area contributed by atoms with Gasteiger partial charge in [0.05, 0.1) is 15.3 Å². The summed E-state index contributed by atoms with van der Waals surface area (Å²) in [4.78, 5) is 12.4. The summed E-state index contributed by atoms with van der Waals surface area (Å²) in [7, 11) is 0. The number of hydrogen-bond donors (Lipinski definition) is 1. The number of rotatable bonds is 5. The molecule has 4 heteroatoms. The molecule has 0 aliphatic rings. The van der Waals surface area contributed by atoms with Crippen LogP contribution < -0.4 is 5.73 Å². The van der Waals surface area contributed by atoms with Crippen molar-refractivity contribution in [2.75, 3.05) is 0 Å². The van der Waals surface area contributed by atoms with Gasteiger partial charge >= 0.3 is 0 Å². The molecule has 1 rings (SSSR count). The van der Waals surface area contributed by atoms with Gasteiger partial charge in [-0.3, -0.25) is 4.79 Å². The number of hydrogen-bond acceptors (Lipinski definition) is 3. The van der Waals surface area contributed by atoms with Crippen molar-refractivity contribution in [3.8, 4) is 0 Å². The topological polar surface area (TPSA) is 43.1 Å². The highest BCUT2D eigenvalue weighted by molar-refractivity contribution is 7.18. The van der Waals surface area contributed by atoms with Crippen LogP contribution in [0.4, 0.5) is 0 Å². The molecule has 1 heterocycles. The lowest BCUT2D eigenvalue weighted by Gasteiger charge is -2.07. The fourth-order valence-corrected chi connectivity index (χ4v) is 2.23. The third-order valence-electron chi connectivity index (χ3n) is 2.02. The predicted octanol–water partition coefficient (Wildman–Crippen LogP) is 3.10. The fourth-order valence-electron chi connectivity index (χ4n) is 1.18. The molecule has 1 atom stereocenters. The summed E-state index contributed by atoms with van der Waals surface area (Å²) in [6.45, 7) is 2.08. The van der Waals surface area contributed by atoms with Crippen molar-refractivity contribution in [3.05, 3.63) is 21.3 Å². The highest BCUT2D eigenvalue weighted by Gasteiger charge is 2.16. The maximum atomic E-state index is 11.7. The Labute approximate surface area is 93.1 Å². The Morgan fingerprint density at radius 2 is 2.36 bits per heavy atom. The Morgan fingerprint density at radius 1 is 1.64 bits per heavy atom. The Balaban J connectivity index is 2.56. The van der Waals surface area contributed by atoms with Gasteiger partial charge in [-0.1, -0.05) is 31.4 Å². The summed E-state index contributed by atoms with van der Waals surface area (Å²) >= 11 is 7.03. The van der Waals surface area contributed by atoms with E-state index in [-0.39, 0.29) is 11.8 Å². The van der Waals surface area contributed by atoms with Crippen LogP contribution in [0.1, 0.15) is 35.9 Å². The molecule has 0 aliphatic heterocycles. The molecule has 0 aliphatic carbocycles. The fraction of sp³-hybridized carbons (Fsp3) is 0.500. The number of nitrogens with two attached hydrogens (primary N) is 1. The van der Waals surface area contributed by atoms with Gasteiger partial charge in [0, 0.05) is 0 Å². The number of carbonyl (C=O) groups excluding carboxylic acids is 1. The smallest absolute Gasteiger partial charge is 0.189 e. The van der Waals surface area contributed by atoms with Gasteiger partial charge in [0.2, 0.25) is 0 Å². The Bertz CT molecular complexity index is 311. The molecule has 0 amide bonds. The maximum absolute atomic E-state index is 11.7. The van der Waals surface area contributed by atoms with Crippen molar-refractivity contribution in [2.45, 2.75) is 32.2 Å². The first kappa shape index (κ1) is 11.7. The lowest BCUT2D eigenvalue weighted by Crippen LogP contribution is -2.29. The molecular weight excluding hydrogens is 218 g/mol. The highest BCUT2D eigenvalue weighted by Crippen LogP contribution is 2.22. The molecule has 0 saturated carbocycles. The van der Waals surface area contributed by atoms with E-state index in [0.29, 0.717) is 9.21 Å². The van der Waals surface area contributed by atoms with Crippen molar-refractivity contribution in [2.24, 2.45) is 5.73 Å². The van der Waals surface area contributed by atoms with Crippen LogP contribution in [0.15, 0.2) is 12.1 Å². The normalized spacial score (nSPS) is 12.8. The number of ketones is 1. The van der Waals surface area contributed by atoms with Crippen molar-refractivity contribution in [1.29, 1.82) is 0 Å². The average Bonchev–Trinajstić information content (AvgIpc) is 2.60. The summed E-state index contributed by atoms with van der Waals surface area (Å²) in [5, 5.41) is 0. The zero-order valence-corrected chi connectivity index (χ0v) is 9.70. The second-order valence-electron chi connectivity index (χ2n) is 3.22. The van der Waals surface area contributed by atoms with Crippen molar-refractivity contribution < 1.29 is 4.79 Å². The third-order valence-corrected chi connectivity index (χ3v) is 3.27. The van der Waals surface area contributed by atoms with Crippen LogP contribution in [0.2, 0.25) is 4.34 Å². The van der Waals surface area contributed by atoms with E-state index in [0.717, 1.165) is 19.3 Å². The molecule has 0 radical (unpaired) electrons. The quantitative estimate of drug-likeness (QED) is 0.792. The molecule has 1 aromatic heterocycles. The summed E-state index contributed by atoms with van der Waals surface area (Å²) < 4.78 is 0.635. The number of thiophene rings is 1. The summed E-state index contributed by atoms with van der Waals surface area (Å²) in [6.07, 6.45) is 2.81. The minimum absolute atomic E-state index is 0.00958. The van der Waals surface area contributed by atoms with Crippen molar-refractivity contribution >= 4 is 28.7 Å². The van der Waals surface area contributed by atoms with Gasteiger partial charge in [-0.05, 0) is 18.6 Å². The van der Waals surface area contributed by atoms with E-state index in [4.69, 9.17) is 17.3 Å². The van der Waals surface area contributed by atoms with Crippen LogP contribution in [-0.2, 0) is 0 Å². The van der Waals surface area contributed by atoms with Gasteiger partial charge in [-0.2, -0.15) is 0 Å². The van der Waals surface area contributed by atoms with Crippen LogP contribution >= 0.6 is 22.9 Å². The number of unbranched alkanes of at least 4 members (excludes halogenated alkanes) is 1. The second kappa shape index (κ2) is 5.49. The molecule has 1 aromatic rings. The second-order valence-corrected chi connectivity index (χ2v) is 4.93. The third kappa shape index (κ3) is 3.08. The minimum Gasteiger partial charge on any atom is -0.321 e. The first-order chi connectivity index (χ1) is 6.65. The molecule has 14 heavy (non-hydrogen) atoms. The molecule has 0 aromatic carbocycles. The zero-order valence-electron chi connectivity index (χ0n) is 8.13. The number of Topliss-reactive ketones (excluding diaryl/α,β-unsaturated/α-hetero) is 1. The molecule has 2 nitrogen and oxygen atoms in total. The molecule has 1 unspecified atom stereocenters. The molecular formula is C10H14ClNOS. The molecule has 0 spiro atoms. The first-order valence-corrected chi connectivity index (χ1v) is 5.89. The molecule has 0 fully saturated rings. The van der Waals surface area contributed by atoms with Gasteiger partial charge in [-0.15, -0.1) is 11.3 Å². The first-order valence-electron chi connectivity index (χ1n) is 4.70. The molecule has 0 saturated heterocycles. The molecule has 2 N–H and O–H groups in total. The van der Waals surface area contributed by atoms with E-state index in [2.05, 4.69) is 6.92 Å². The Hall–Kier alpha value is -0.380. The average molecular weight is 232 g/mol. The lowest BCUT2D eigenvalue weighted by molar-refractivity contribution is 0.0960. The maximum Gasteiger partial charge on any atom is 0.189 e. The van der Waals surface area contributed by atoms with E-state index in [1.807, 2.05) is 0 Å². The standard InChI is InChI=1S/C10H14ClNOS/c1-2-3-4-7(12)10(13)8-5-6-9(11)14-8/h5-7H,2-4,12H2,1H3. The number of carbonyl (C=O) groups is 1. The van der Waals surface area contributed by atoms with Gasteiger partial charge < -0.3 is 5.73 Å². The summed E-state index contributed by atoms with van der Waals surface area (Å²) in [6, 6.07) is 3.09. The number of halogens is 1. The Kier molecular flexibility index (Phi) is 4.58. The van der Waals surface area contributed by atoms with Gasteiger partial charge in [0.1, 0.15) is 0 Å². The lowest BCUT2D eigenvalue weighted by atomic mass is 10.1. The van der Waals surface area contributed by atoms with Crippen LogP contribution in [0.5, 0.6) is 0 Å². The van der Waals surface area contributed by atoms with Crippen molar-refractivity contribution in [3.63, 3.8) is 0 Å². The molecule has 0 bridgehead atoms. The van der Waals surface area contributed by atoms with Gasteiger partial charge in [0.25, 0.3) is 0 Å². The van der Waals surface area contributed by atoms with Gasteiger partial charge in [0.15, 0.2) is 5.78 Å². The SMILES string of the molecule is CCCCC(N)C(=O)c1ccc(Cl)s1. The monoisotopic (exact) mass is 231 g/mol. The van der Waals surface area contributed by atoms with E-state index in [9.17, 15) is 4.79 Å². The predicted molar refractivity (Wildman–Crippen MR) is 61.2 cm³/mol. The van der Waals surface area contributed by atoms with Crippen LogP contribution in [-0.4, -0.2) is 11.8 Å². The van der Waals surface area contributed by atoms with Crippen molar-refractivity contribution in [1.82, 2.24) is 0 Å². The highest BCUT2D eigenvalue weighted by atomic mass is 35.5. The van der Waals surface area contributed by atoms with Crippen LogP contribution in [0.3, 0.4) is 0 Å². The van der Waals surface area contributed by atoms with E-state index < -0.39 is 0 Å². The Morgan fingerprint density at radius 3 is 2.86 bits per heavy atom. The van der Waals surface area contributed by atoms with E-state index in [1.165, 1.54) is 11.3 Å². The van der Waals surface area contributed by atoms with Crippen LogP contribution in [0.25, 0.3) is 0 Å². The minimum atomic E-state index is -0.371. The largest absolute Gasteiger partial charge is 0.321 e. The van der Waals surface area contributed by atoms with Crippen LogP contribution in [0, 0.1) is 0 Å².